The van der Waals surface area contributed by atoms with Crippen molar-refractivity contribution in [3.63, 3.8) is 0 Å². The zero-order valence-electron chi connectivity index (χ0n) is 10.0. The van der Waals surface area contributed by atoms with E-state index in [-0.39, 0.29) is 11.8 Å². The van der Waals surface area contributed by atoms with Crippen LogP contribution in [0.3, 0.4) is 0 Å². The number of fused-ring (bicyclic) bond motifs is 1. The molecule has 5 atom stereocenters. The first kappa shape index (κ1) is 11.3. The zero-order chi connectivity index (χ0) is 13.1. The Morgan fingerprint density at radius 3 is 3.00 bits per heavy atom. The van der Waals surface area contributed by atoms with Crippen molar-refractivity contribution in [2.75, 3.05) is 0 Å². The molecule has 0 aromatic heterocycles. The van der Waals surface area contributed by atoms with Crippen molar-refractivity contribution in [2.24, 2.45) is 17.3 Å². The molecule has 0 radical (unpaired) electrons. The molecule has 1 heterocycles. The van der Waals surface area contributed by atoms with Gasteiger partial charge < -0.3 is 9.47 Å². The van der Waals surface area contributed by atoms with E-state index in [2.05, 4.69) is 12.6 Å². The summed E-state index contributed by atoms with van der Waals surface area (Å²) in [6.07, 6.45) is 0.307. The van der Waals surface area contributed by atoms with Gasteiger partial charge in [-0.25, -0.2) is 4.79 Å². The van der Waals surface area contributed by atoms with Crippen LogP contribution in [0.1, 0.15) is 19.8 Å². The standard InChI is InChI=1S/C13H13NO4/c1-6(2)11(15)17-9-7-3-8-10(9)18-12(16)13(8,4-7)5-14/h7-10H,1,3-4H2,2H3. The minimum absolute atomic E-state index is 0.0504. The number of hydrogen-bond donors (Lipinski definition) is 0. The van der Waals surface area contributed by atoms with Crippen molar-refractivity contribution in [3.8, 4) is 6.07 Å². The van der Waals surface area contributed by atoms with Crippen LogP contribution in [-0.4, -0.2) is 24.1 Å². The van der Waals surface area contributed by atoms with Crippen LogP contribution in [0.15, 0.2) is 12.2 Å². The lowest BCUT2D eigenvalue weighted by molar-refractivity contribution is -0.158. The monoisotopic (exact) mass is 247 g/mol. The Morgan fingerprint density at radius 2 is 2.39 bits per heavy atom. The molecular weight excluding hydrogens is 234 g/mol. The molecule has 3 aliphatic rings. The van der Waals surface area contributed by atoms with Gasteiger partial charge in [0.05, 0.1) is 6.07 Å². The molecule has 5 unspecified atom stereocenters. The smallest absolute Gasteiger partial charge is 0.333 e. The van der Waals surface area contributed by atoms with Crippen molar-refractivity contribution in [1.82, 2.24) is 0 Å². The minimum atomic E-state index is -0.985. The van der Waals surface area contributed by atoms with Crippen LogP contribution in [0.4, 0.5) is 0 Å². The first-order valence-electron chi connectivity index (χ1n) is 5.98. The Balaban J connectivity index is 1.85. The average Bonchev–Trinajstić information content (AvgIpc) is 2.90. The highest BCUT2D eigenvalue weighted by atomic mass is 16.6. The zero-order valence-corrected chi connectivity index (χ0v) is 10.0. The van der Waals surface area contributed by atoms with Crippen LogP contribution in [0.25, 0.3) is 0 Å². The van der Waals surface area contributed by atoms with Crippen molar-refractivity contribution in [2.45, 2.75) is 32.0 Å². The Hall–Kier alpha value is -1.83. The van der Waals surface area contributed by atoms with E-state index < -0.39 is 29.6 Å². The lowest BCUT2D eigenvalue weighted by Gasteiger charge is -2.27. The number of rotatable bonds is 2. The molecule has 3 rings (SSSR count). The number of nitrogens with zero attached hydrogens (tertiary/aromatic N) is 1. The van der Waals surface area contributed by atoms with Crippen LogP contribution < -0.4 is 0 Å². The third-order valence-electron chi connectivity index (χ3n) is 4.36. The second kappa shape index (κ2) is 3.35. The molecule has 94 valence electrons. The molecule has 2 aliphatic carbocycles. The van der Waals surface area contributed by atoms with Crippen molar-refractivity contribution < 1.29 is 19.1 Å². The third kappa shape index (κ3) is 1.15. The molecular formula is C13H13NO4. The maximum Gasteiger partial charge on any atom is 0.333 e. The number of carbonyl (C=O) groups is 2. The highest BCUT2D eigenvalue weighted by Crippen LogP contribution is 2.62. The van der Waals surface area contributed by atoms with Gasteiger partial charge in [0.1, 0.15) is 12.2 Å². The molecule has 5 nitrogen and oxygen atoms in total. The molecule has 3 fully saturated rings. The van der Waals surface area contributed by atoms with E-state index in [1.807, 2.05) is 0 Å². The summed E-state index contributed by atoms with van der Waals surface area (Å²) in [6.45, 7) is 5.11. The van der Waals surface area contributed by atoms with Gasteiger partial charge >= 0.3 is 11.9 Å². The van der Waals surface area contributed by atoms with Gasteiger partial charge in [-0.3, -0.25) is 4.79 Å². The largest absolute Gasteiger partial charge is 0.457 e. The fourth-order valence-corrected chi connectivity index (χ4v) is 3.51. The average molecular weight is 247 g/mol. The normalized spacial score (nSPS) is 43.4. The van der Waals surface area contributed by atoms with Gasteiger partial charge in [0, 0.05) is 17.4 Å². The van der Waals surface area contributed by atoms with Crippen LogP contribution >= 0.6 is 0 Å². The summed E-state index contributed by atoms with van der Waals surface area (Å²) >= 11 is 0. The quantitative estimate of drug-likeness (QED) is 0.536. The SMILES string of the molecule is C=C(C)C(=O)OC1C2CC3C1OC(=O)C3(C#N)C2. The predicted octanol–water partition coefficient (Wildman–Crippen LogP) is 0.949. The van der Waals surface area contributed by atoms with Gasteiger partial charge in [-0.15, -0.1) is 0 Å². The van der Waals surface area contributed by atoms with Crippen LogP contribution in [0.5, 0.6) is 0 Å². The van der Waals surface area contributed by atoms with Gasteiger partial charge in [-0.1, -0.05) is 6.58 Å². The van der Waals surface area contributed by atoms with E-state index in [9.17, 15) is 14.9 Å². The molecule has 0 aromatic rings. The highest BCUT2D eigenvalue weighted by molar-refractivity contribution is 5.88. The second-order valence-electron chi connectivity index (χ2n) is 5.41. The van der Waals surface area contributed by atoms with E-state index in [0.717, 1.165) is 6.42 Å². The van der Waals surface area contributed by atoms with Crippen molar-refractivity contribution >= 4 is 11.9 Å². The van der Waals surface area contributed by atoms with Gasteiger partial charge in [0.15, 0.2) is 5.41 Å². The number of ether oxygens (including phenoxy) is 2. The van der Waals surface area contributed by atoms with Crippen molar-refractivity contribution in [3.05, 3.63) is 12.2 Å². The molecule has 18 heavy (non-hydrogen) atoms. The van der Waals surface area contributed by atoms with Crippen LogP contribution in [0, 0.1) is 28.6 Å². The Kier molecular flexibility index (Phi) is 2.10. The molecule has 0 aromatic carbocycles. The molecule has 5 heteroatoms. The summed E-state index contributed by atoms with van der Waals surface area (Å²) in [4.78, 5) is 23.4. The maximum absolute atomic E-state index is 11.8. The van der Waals surface area contributed by atoms with E-state index in [0.29, 0.717) is 12.0 Å². The number of hydrogen-bond acceptors (Lipinski definition) is 5. The summed E-state index contributed by atoms with van der Waals surface area (Å²) in [5.74, 6) is -0.980. The van der Waals surface area contributed by atoms with Crippen LogP contribution in [0.2, 0.25) is 0 Å². The summed E-state index contributed by atoms with van der Waals surface area (Å²) in [6, 6.07) is 2.11. The predicted molar refractivity (Wildman–Crippen MR) is 58.8 cm³/mol. The fraction of sp³-hybridized carbons (Fsp3) is 0.615. The van der Waals surface area contributed by atoms with Crippen molar-refractivity contribution in [1.29, 1.82) is 5.26 Å². The molecule has 1 aliphatic heterocycles. The van der Waals surface area contributed by atoms with E-state index >= 15 is 0 Å². The van der Waals surface area contributed by atoms with Gasteiger partial charge in [0.25, 0.3) is 0 Å². The lowest BCUT2D eigenvalue weighted by Crippen LogP contribution is -2.39. The summed E-state index contributed by atoms with van der Waals surface area (Å²) in [5, 5.41) is 9.22. The number of nitriles is 1. The van der Waals surface area contributed by atoms with E-state index in [4.69, 9.17) is 9.47 Å². The van der Waals surface area contributed by atoms with Crippen LogP contribution in [-0.2, 0) is 19.1 Å². The molecule has 0 spiro atoms. The highest BCUT2D eigenvalue weighted by Gasteiger charge is 2.72. The minimum Gasteiger partial charge on any atom is -0.457 e. The van der Waals surface area contributed by atoms with Gasteiger partial charge in [0.2, 0.25) is 0 Å². The maximum atomic E-state index is 11.8. The Bertz CT molecular complexity index is 506. The van der Waals surface area contributed by atoms with E-state index in [1.165, 1.54) is 0 Å². The molecule has 1 saturated heterocycles. The summed E-state index contributed by atoms with van der Waals surface area (Å²) in [7, 11) is 0. The molecule has 0 amide bonds. The van der Waals surface area contributed by atoms with Gasteiger partial charge in [-0.2, -0.15) is 5.26 Å². The van der Waals surface area contributed by atoms with E-state index in [1.54, 1.807) is 6.92 Å². The fourth-order valence-electron chi connectivity index (χ4n) is 3.51. The molecule has 2 saturated carbocycles. The first-order chi connectivity index (χ1) is 8.49. The Morgan fingerprint density at radius 1 is 1.67 bits per heavy atom. The summed E-state index contributed by atoms with van der Waals surface area (Å²) < 4.78 is 10.6. The lowest BCUT2D eigenvalue weighted by atomic mass is 9.74. The molecule has 0 N–H and O–H groups in total. The number of esters is 2. The Labute approximate surface area is 104 Å². The second-order valence-corrected chi connectivity index (χ2v) is 5.41. The topological polar surface area (TPSA) is 76.4 Å². The first-order valence-corrected chi connectivity index (χ1v) is 5.98. The molecule has 2 bridgehead atoms. The number of carbonyl (C=O) groups excluding carboxylic acids is 2. The third-order valence-corrected chi connectivity index (χ3v) is 4.36. The summed E-state index contributed by atoms with van der Waals surface area (Å²) in [5.41, 5.74) is -0.657. The van der Waals surface area contributed by atoms with Gasteiger partial charge in [-0.05, 0) is 19.8 Å².